The first-order valence-electron chi connectivity index (χ1n) is 12.7. The summed E-state index contributed by atoms with van der Waals surface area (Å²) in [6, 6.07) is 10.7. The zero-order valence-corrected chi connectivity index (χ0v) is 19.9. The van der Waals surface area contributed by atoms with Crippen molar-refractivity contribution in [3.05, 3.63) is 82.9 Å². The normalized spacial score (nSPS) is 25.2. The van der Waals surface area contributed by atoms with Crippen molar-refractivity contribution in [3.8, 4) is 11.8 Å². The minimum atomic E-state index is -0.537. The molecule has 2 aliphatic carbocycles. The van der Waals surface area contributed by atoms with Gasteiger partial charge >= 0.3 is 0 Å². The predicted octanol–water partition coefficient (Wildman–Crippen LogP) is 8.72. The number of hydrogen-bond acceptors (Lipinski definition) is 0. The molecule has 2 aliphatic rings. The average molecular weight is 447 g/mol. The molecule has 0 heterocycles. The Morgan fingerprint density at radius 1 is 0.848 bits per heavy atom. The second kappa shape index (κ2) is 11.1. The van der Waals surface area contributed by atoms with Crippen LogP contribution in [0.3, 0.4) is 0 Å². The molecule has 4 rings (SSSR count). The minimum absolute atomic E-state index is 0.124. The molecule has 0 radical (unpaired) electrons. The van der Waals surface area contributed by atoms with Crippen LogP contribution in [0.1, 0.15) is 92.4 Å². The van der Waals surface area contributed by atoms with Crippen molar-refractivity contribution in [1.29, 1.82) is 0 Å². The van der Waals surface area contributed by atoms with E-state index in [9.17, 15) is 8.78 Å². The summed E-state index contributed by atoms with van der Waals surface area (Å²) in [5.41, 5.74) is 2.57. The standard InChI is InChI=1S/C31H36F2/c1-3-4-5-23-10-13-25(14-11-23)26-15-17-27(18-16-26)28-20-30(32)29(31(33)21-28)19-12-24-8-6-22(2)7-9-24/h3,6-9,20-21,23,25-27H,1,4-5,10-11,13-18H2,2H3/t23-,25-,26-,27-. The smallest absolute Gasteiger partial charge is 0.142 e. The van der Waals surface area contributed by atoms with E-state index in [0.717, 1.165) is 53.7 Å². The van der Waals surface area contributed by atoms with E-state index in [-0.39, 0.29) is 11.5 Å². The molecule has 0 unspecified atom stereocenters. The van der Waals surface area contributed by atoms with Crippen molar-refractivity contribution in [3.63, 3.8) is 0 Å². The zero-order valence-electron chi connectivity index (χ0n) is 19.9. The Kier molecular flexibility index (Phi) is 8.02. The van der Waals surface area contributed by atoms with Gasteiger partial charge in [0.2, 0.25) is 0 Å². The van der Waals surface area contributed by atoms with Crippen molar-refractivity contribution in [2.75, 3.05) is 0 Å². The van der Waals surface area contributed by atoms with Crippen LogP contribution in [0.2, 0.25) is 0 Å². The van der Waals surface area contributed by atoms with E-state index in [1.807, 2.05) is 37.3 Å². The van der Waals surface area contributed by atoms with Crippen molar-refractivity contribution < 1.29 is 8.78 Å². The maximum atomic E-state index is 14.8. The number of halogens is 2. The fraction of sp³-hybridized carbons (Fsp3) is 0.484. The highest BCUT2D eigenvalue weighted by Gasteiger charge is 2.31. The van der Waals surface area contributed by atoms with Crippen LogP contribution in [-0.4, -0.2) is 0 Å². The van der Waals surface area contributed by atoms with Crippen molar-refractivity contribution in [2.24, 2.45) is 17.8 Å². The van der Waals surface area contributed by atoms with Crippen LogP contribution >= 0.6 is 0 Å². The molecule has 0 atom stereocenters. The third kappa shape index (κ3) is 6.14. The summed E-state index contributed by atoms with van der Waals surface area (Å²) in [6.07, 6.45) is 14.4. The maximum Gasteiger partial charge on any atom is 0.142 e. The predicted molar refractivity (Wildman–Crippen MR) is 133 cm³/mol. The van der Waals surface area contributed by atoms with E-state index in [0.29, 0.717) is 0 Å². The molecular formula is C31H36F2. The van der Waals surface area contributed by atoms with Crippen LogP contribution in [0.4, 0.5) is 8.78 Å². The van der Waals surface area contributed by atoms with Crippen LogP contribution in [-0.2, 0) is 0 Å². The van der Waals surface area contributed by atoms with Gasteiger partial charge in [-0.1, -0.05) is 48.5 Å². The summed E-state index contributed by atoms with van der Waals surface area (Å²) < 4.78 is 29.6. The number of aryl methyl sites for hydroxylation is 1. The van der Waals surface area contributed by atoms with Gasteiger partial charge in [0.05, 0.1) is 5.56 Å². The van der Waals surface area contributed by atoms with Gasteiger partial charge in [-0.2, -0.15) is 0 Å². The number of rotatable bonds is 5. The molecule has 0 saturated heterocycles. The molecule has 2 aromatic carbocycles. The molecule has 2 aromatic rings. The Balaban J connectivity index is 1.34. The SMILES string of the molecule is C=CCC[C@H]1CC[C@H]([C@H]2CC[C@H](c3cc(F)c(C#Cc4ccc(C)cc4)c(F)c3)CC2)CC1. The summed E-state index contributed by atoms with van der Waals surface area (Å²) in [7, 11) is 0. The summed E-state index contributed by atoms with van der Waals surface area (Å²) in [6.45, 7) is 5.85. The third-order valence-corrected chi connectivity index (χ3v) is 8.03. The molecule has 2 saturated carbocycles. The molecule has 174 valence electrons. The van der Waals surface area contributed by atoms with Gasteiger partial charge in [-0.15, -0.1) is 6.58 Å². The van der Waals surface area contributed by atoms with E-state index in [1.54, 1.807) is 0 Å². The minimum Gasteiger partial charge on any atom is -0.206 e. The average Bonchev–Trinajstić information content (AvgIpc) is 2.84. The first kappa shape index (κ1) is 23.7. The Hall–Kier alpha value is -2.40. The number of benzene rings is 2. The lowest BCUT2D eigenvalue weighted by Crippen LogP contribution is -2.25. The second-order valence-corrected chi connectivity index (χ2v) is 10.2. The largest absolute Gasteiger partial charge is 0.206 e. The monoisotopic (exact) mass is 446 g/mol. The lowest BCUT2D eigenvalue weighted by molar-refractivity contribution is 0.157. The highest BCUT2D eigenvalue weighted by Crippen LogP contribution is 2.44. The molecule has 33 heavy (non-hydrogen) atoms. The van der Waals surface area contributed by atoms with Crippen LogP contribution in [0.5, 0.6) is 0 Å². The molecule has 0 aromatic heterocycles. The summed E-state index contributed by atoms with van der Waals surface area (Å²) in [4.78, 5) is 0. The van der Waals surface area contributed by atoms with Gasteiger partial charge in [0.1, 0.15) is 11.6 Å². The lowest BCUT2D eigenvalue weighted by Gasteiger charge is -2.38. The molecular weight excluding hydrogens is 410 g/mol. The molecule has 2 fully saturated rings. The highest BCUT2D eigenvalue weighted by molar-refractivity contribution is 5.45. The van der Waals surface area contributed by atoms with Crippen LogP contribution < -0.4 is 0 Å². The van der Waals surface area contributed by atoms with Crippen molar-refractivity contribution in [1.82, 2.24) is 0 Å². The van der Waals surface area contributed by atoms with Crippen molar-refractivity contribution in [2.45, 2.75) is 77.0 Å². The van der Waals surface area contributed by atoms with Gasteiger partial charge in [0, 0.05) is 5.56 Å². The molecule has 0 nitrogen and oxygen atoms in total. The molecule has 2 heteroatoms. The van der Waals surface area contributed by atoms with Crippen LogP contribution in [0, 0.1) is 48.2 Å². The highest BCUT2D eigenvalue weighted by atomic mass is 19.1. The lowest BCUT2D eigenvalue weighted by atomic mass is 9.68. The van der Waals surface area contributed by atoms with Crippen LogP contribution in [0.25, 0.3) is 0 Å². The molecule has 0 bridgehead atoms. The van der Waals surface area contributed by atoms with E-state index in [2.05, 4.69) is 18.4 Å². The number of allylic oxidation sites excluding steroid dienone is 1. The molecule has 0 amide bonds. The Morgan fingerprint density at radius 3 is 2.00 bits per heavy atom. The van der Waals surface area contributed by atoms with Gasteiger partial charge < -0.3 is 0 Å². The first-order chi connectivity index (χ1) is 16.0. The summed E-state index contributed by atoms with van der Waals surface area (Å²) >= 11 is 0. The number of hydrogen-bond donors (Lipinski definition) is 0. The van der Waals surface area contributed by atoms with E-state index < -0.39 is 11.6 Å². The Bertz CT molecular complexity index is 968. The molecule has 0 spiro atoms. The van der Waals surface area contributed by atoms with Gasteiger partial charge in [0.15, 0.2) is 0 Å². The van der Waals surface area contributed by atoms with Gasteiger partial charge in [-0.05, 0) is 112 Å². The third-order valence-electron chi connectivity index (χ3n) is 8.03. The van der Waals surface area contributed by atoms with E-state index >= 15 is 0 Å². The fourth-order valence-corrected chi connectivity index (χ4v) is 5.95. The second-order valence-electron chi connectivity index (χ2n) is 10.2. The topological polar surface area (TPSA) is 0 Å². The van der Waals surface area contributed by atoms with Crippen LogP contribution in [0.15, 0.2) is 49.1 Å². The molecule has 0 N–H and O–H groups in total. The quantitative estimate of drug-likeness (QED) is 0.318. The van der Waals surface area contributed by atoms with Gasteiger partial charge in [0.25, 0.3) is 0 Å². The van der Waals surface area contributed by atoms with E-state index in [4.69, 9.17) is 0 Å². The zero-order chi connectivity index (χ0) is 23.2. The fourth-order valence-electron chi connectivity index (χ4n) is 5.95. The summed E-state index contributed by atoms with van der Waals surface area (Å²) in [5.74, 6) is 7.30. The van der Waals surface area contributed by atoms with Gasteiger partial charge in [-0.3, -0.25) is 0 Å². The first-order valence-corrected chi connectivity index (χ1v) is 12.7. The van der Waals surface area contributed by atoms with E-state index in [1.165, 1.54) is 57.1 Å². The maximum absolute atomic E-state index is 14.8. The summed E-state index contributed by atoms with van der Waals surface area (Å²) in [5, 5.41) is 0. The molecule has 0 aliphatic heterocycles. The van der Waals surface area contributed by atoms with Gasteiger partial charge in [-0.25, -0.2) is 8.78 Å². The Morgan fingerprint density at radius 2 is 1.42 bits per heavy atom. The Labute approximate surface area is 198 Å². The van der Waals surface area contributed by atoms with Crippen molar-refractivity contribution >= 4 is 0 Å².